The number of carbonyl (C=O) groups is 1. The third-order valence-corrected chi connectivity index (χ3v) is 3.17. The summed E-state index contributed by atoms with van der Waals surface area (Å²) in [6.07, 6.45) is 0. The lowest BCUT2D eigenvalue weighted by atomic mass is 10.2. The summed E-state index contributed by atoms with van der Waals surface area (Å²) >= 11 is 11.6. The summed E-state index contributed by atoms with van der Waals surface area (Å²) in [6.45, 7) is -0.0431. The summed E-state index contributed by atoms with van der Waals surface area (Å²) in [4.78, 5) is 11.1. The fraction of sp³-hybridized carbons (Fsp3) is 0.0714. The van der Waals surface area contributed by atoms with Gasteiger partial charge >= 0.3 is 5.97 Å². The molecule has 0 heterocycles. The summed E-state index contributed by atoms with van der Waals surface area (Å²) in [5.74, 6) is -1.46. The minimum absolute atomic E-state index is 0.0431. The van der Waals surface area contributed by atoms with Gasteiger partial charge in [0.15, 0.2) is 0 Å². The Balaban J connectivity index is 2.23. The van der Waals surface area contributed by atoms with E-state index in [1.54, 1.807) is 0 Å². The quantitative estimate of drug-likeness (QED) is 0.909. The number of benzene rings is 2. The van der Waals surface area contributed by atoms with E-state index in [9.17, 15) is 9.18 Å². The van der Waals surface area contributed by atoms with Gasteiger partial charge in [0.2, 0.25) is 0 Å². The van der Waals surface area contributed by atoms with Gasteiger partial charge in [0.1, 0.15) is 23.7 Å². The van der Waals surface area contributed by atoms with E-state index in [-0.39, 0.29) is 17.9 Å². The first-order valence-electron chi connectivity index (χ1n) is 5.57. The number of carboxylic acids is 1. The van der Waals surface area contributed by atoms with E-state index in [1.807, 2.05) is 0 Å². The Morgan fingerprint density at radius 3 is 2.65 bits per heavy atom. The van der Waals surface area contributed by atoms with Crippen molar-refractivity contribution in [3.8, 4) is 5.75 Å². The number of halogens is 3. The first-order valence-corrected chi connectivity index (χ1v) is 6.32. The molecule has 2 aromatic carbocycles. The third-order valence-electron chi connectivity index (χ3n) is 2.56. The highest BCUT2D eigenvalue weighted by Crippen LogP contribution is 2.25. The molecule has 0 unspecified atom stereocenters. The molecule has 0 amide bonds. The van der Waals surface area contributed by atoms with Gasteiger partial charge in [-0.05, 0) is 36.4 Å². The molecule has 0 aliphatic heterocycles. The lowest BCUT2D eigenvalue weighted by Crippen LogP contribution is -2.04. The van der Waals surface area contributed by atoms with Crippen molar-refractivity contribution in [3.63, 3.8) is 0 Å². The van der Waals surface area contributed by atoms with E-state index in [0.29, 0.717) is 15.6 Å². The molecule has 2 rings (SSSR count). The monoisotopic (exact) mass is 314 g/mol. The van der Waals surface area contributed by atoms with Crippen LogP contribution in [0.15, 0.2) is 36.4 Å². The summed E-state index contributed by atoms with van der Waals surface area (Å²) in [6, 6.07) is 8.12. The Labute approximate surface area is 124 Å². The summed E-state index contributed by atoms with van der Waals surface area (Å²) in [5.41, 5.74) is 0.364. The fourth-order valence-corrected chi connectivity index (χ4v) is 1.95. The molecule has 0 aliphatic rings. The summed E-state index contributed by atoms with van der Waals surface area (Å²) in [5, 5.41) is 9.70. The summed E-state index contributed by atoms with van der Waals surface area (Å²) < 4.78 is 18.5. The Morgan fingerprint density at radius 2 is 1.95 bits per heavy atom. The van der Waals surface area contributed by atoms with Crippen molar-refractivity contribution in [1.29, 1.82) is 0 Å². The van der Waals surface area contributed by atoms with E-state index < -0.39 is 11.8 Å². The van der Waals surface area contributed by atoms with Crippen LogP contribution in [-0.4, -0.2) is 11.1 Å². The Kier molecular flexibility index (Phi) is 4.47. The van der Waals surface area contributed by atoms with Gasteiger partial charge in [-0.15, -0.1) is 0 Å². The number of aromatic carboxylic acids is 1. The van der Waals surface area contributed by atoms with Crippen molar-refractivity contribution in [3.05, 3.63) is 63.4 Å². The van der Waals surface area contributed by atoms with Crippen LogP contribution < -0.4 is 4.74 Å². The molecule has 0 saturated carbocycles. The topological polar surface area (TPSA) is 46.5 Å². The molecule has 0 bridgehead atoms. The Hall–Kier alpha value is -1.78. The minimum Gasteiger partial charge on any atom is -0.488 e. The number of hydrogen-bond acceptors (Lipinski definition) is 2. The van der Waals surface area contributed by atoms with Crippen molar-refractivity contribution in [2.45, 2.75) is 6.61 Å². The lowest BCUT2D eigenvalue weighted by Gasteiger charge is -2.10. The van der Waals surface area contributed by atoms with Crippen LogP contribution in [-0.2, 0) is 6.61 Å². The molecular formula is C14H9Cl2FO3. The first kappa shape index (κ1) is 14.6. The normalized spacial score (nSPS) is 10.3. The molecule has 20 heavy (non-hydrogen) atoms. The van der Waals surface area contributed by atoms with Gasteiger partial charge < -0.3 is 9.84 Å². The van der Waals surface area contributed by atoms with Crippen LogP contribution in [0.2, 0.25) is 10.0 Å². The molecule has 0 saturated heterocycles. The standard InChI is InChI=1S/C14H9Cl2FO3/c15-9-1-4-13(11(6-9)14(18)19)20-7-8-5-10(17)2-3-12(8)16/h1-6H,7H2,(H,18,19). The zero-order valence-corrected chi connectivity index (χ0v) is 11.6. The molecule has 6 heteroatoms. The molecule has 104 valence electrons. The predicted octanol–water partition coefficient (Wildman–Crippen LogP) is 4.41. The highest BCUT2D eigenvalue weighted by molar-refractivity contribution is 6.31. The molecule has 0 aromatic heterocycles. The van der Waals surface area contributed by atoms with E-state index in [0.717, 1.165) is 0 Å². The summed E-state index contributed by atoms with van der Waals surface area (Å²) in [7, 11) is 0. The first-order chi connectivity index (χ1) is 9.47. The predicted molar refractivity (Wildman–Crippen MR) is 74.2 cm³/mol. The van der Waals surface area contributed by atoms with Crippen LogP contribution in [0.5, 0.6) is 5.75 Å². The van der Waals surface area contributed by atoms with Crippen molar-refractivity contribution in [1.82, 2.24) is 0 Å². The highest BCUT2D eigenvalue weighted by atomic mass is 35.5. The number of ether oxygens (including phenoxy) is 1. The SMILES string of the molecule is O=C(O)c1cc(Cl)ccc1OCc1cc(F)ccc1Cl. The van der Waals surface area contributed by atoms with Gasteiger partial charge in [0.05, 0.1) is 0 Å². The molecule has 0 fully saturated rings. The molecule has 0 radical (unpaired) electrons. The average Bonchev–Trinajstić information content (AvgIpc) is 2.40. The van der Waals surface area contributed by atoms with Gasteiger partial charge in [-0.1, -0.05) is 23.2 Å². The van der Waals surface area contributed by atoms with E-state index in [2.05, 4.69) is 0 Å². The van der Waals surface area contributed by atoms with Crippen LogP contribution in [0.4, 0.5) is 4.39 Å². The molecule has 0 atom stereocenters. The van der Waals surface area contributed by atoms with E-state index in [4.69, 9.17) is 33.0 Å². The third kappa shape index (κ3) is 3.40. The maximum Gasteiger partial charge on any atom is 0.339 e. The van der Waals surface area contributed by atoms with E-state index in [1.165, 1.54) is 36.4 Å². The van der Waals surface area contributed by atoms with Gasteiger partial charge in [-0.2, -0.15) is 0 Å². The van der Waals surface area contributed by atoms with Crippen molar-refractivity contribution in [2.24, 2.45) is 0 Å². The second-order valence-electron chi connectivity index (χ2n) is 3.97. The van der Waals surface area contributed by atoms with Gasteiger partial charge in [0.25, 0.3) is 0 Å². The highest BCUT2D eigenvalue weighted by Gasteiger charge is 2.13. The molecule has 0 spiro atoms. The molecule has 2 aromatic rings. The maximum absolute atomic E-state index is 13.1. The average molecular weight is 315 g/mol. The van der Waals surface area contributed by atoms with Crippen LogP contribution in [0, 0.1) is 5.82 Å². The molecular weight excluding hydrogens is 306 g/mol. The van der Waals surface area contributed by atoms with Crippen LogP contribution in [0.1, 0.15) is 15.9 Å². The zero-order valence-electron chi connectivity index (χ0n) is 10.1. The van der Waals surface area contributed by atoms with Gasteiger partial charge in [0, 0.05) is 15.6 Å². The molecule has 1 N–H and O–H groups in total. The van der Waals surface area contributed by atoms with Crippen molar-refractivity contribution < 1.29 is 19.0 Å². The molecule has 0 aliphatic carbocycles. The molecule has 3 nitrogen and oxygen atoms in total. The van der Waals surface area contributed by atoms with Crippen LogP contribution in [0.25, 0.3) is 0 Å². The van der Waals surface area contributed by atoms with Gasteiger partial charge in [-0.25, -0.2) is 9.18 Å². The number of rotatable bonds is 4. The smallest absolute Gasteiger partial charge is 0.339 e. The fourth-order valence-electron chi connectivity index (χ4n) is 1.60. The van der Waals surface area contributed by atoms with Crippen LogP contribution in [0.3, 0.4) is 0 Å². The largest absolute Gasteiger partial charge is 0.488 e. The van der Waals surface area contributed by atoms with Crippen molar-refractivity contribution in [2.75, 3.05) is 0 Å². The zero-order chi connectivity index (χ0) is 14.7. The lowest BCUT2D eigenvalue weighted by molar-refractivity contribution is 0.0691. The van der Waals surface area contributed by atoms with Crippen molar-refractivity contribution >= 4 is 29.2 Å². The minimum atomic E-state index is -1.16. The van der Waals surface area contributed by atoms with Gasteiger partial charge in [-0.3, -0.25) is 0 Å². The second kappa shape index (κ2) is 6.11. The maximum atomic E-state index is 13.1. The van der Waals surface area contributed by atoms with Crippen LogP contribution >= 0.6 is 23.2 Å². The number of hydrogen-bond donors (Lipinski definition) is 1. The second-order valence-corrected chi connectivity index (χ2v) is 4.81. The number of carboxylic acid groups (broad SMARTS) is 1. The van der Waals surface area contributed by atoms with E-state index >= 15 is 0 Å². The Bertz CT molecular complexity index is 659. The Morgan fingerprint density at radius 1 is 1.20 bits per heavy atom.